The number of para-hydroxylation sites is 1. The molecule has 0 aromatic heterocycles. The molecule has 4 heteroatoms. The number of ether oxygens (including phenoxy) is 1. The lowest BCUT2D eigenvalue weighted by Gasteiger charge is -2.21. The summed E-state index contributed by atoms with van der Waals surface area (Å²) < 4.78 is 5.12. The van der Waals surface area contributed by atoms with Gasteiger partial charge in [0, 0.05) is 20.2 Å². The molecule has 0 fully saturated rings. The average Bonchev–Trinajstić information content (AvgIpc) is 2.43. The molecule has 2 N–H and O–H groups in total. The maximum Gasteiger partial charge on any atom is 0.253 e. The van der Waals surface area contributed by atoms with Crippen LogP contribution in [0.15, 0.2) is 18.2 Å². The lowest BCUT2D eigenvalue weighted by atomic mass is 9.99. The summed E-state index contributed by atoms with van der Waals surface area (Å²) in [5.41, 5.74) is 2.95. The number of hydrogen-bond donors (Lipinski definition) is 2. The van der Waals surface area contributed by atoms with E-state index in [1.165, 1.54) is 5.56 Å². The Morgan fingerprint density at radius 2 is 2.39 bits per heavy atom. The topological polar surface area (TPSA) is 50.4 Å². The number of nitrogens with one attached hydrogen (secondary N) is 2. The van der Waals surface area contributed by atoms with Crippen LogP contribution >= 0.6 is 0 Å². The number of rotatable bonds is 4. The minimum atomic E-state index is -0.0369. The molecule has 1 aliphatic heterocycles. The number of amides is 1. The number of fused-ring (bicyclic) bond motifs is 1. The predicted molar refractivity (Wildman–Crippen MR) is 72.1 cm³/mol. The second-order valence-corrected chi connectivity index (χ2v) is 4.63. The molecule has 0 radical (unpaired) electrons. The van der Waals surface area contributed by atoms with Crippen LogP contribution in [0.4, 0.5) is 5.69 Å². The highest BCUT2D eigenvalue weighted by Crippen LogP contribution is 2.25. The third kappa shape index (κ3) is 2.82. The Morgan fingerprint density at radius 1 is 1.56 bits per heavy atom. The smallest absolute Gasteiger partial charge is 0.253 e. The SMILES string of the molecule is COC(C)CNC(=O)c1cccc2c1NCCC2. The van der Waals surface area contributed by atoms with Crippen molar-refractivity contribution in [2.45, 2.75) is 25.9 Å². The Bertz CT molecular complexity index is 432. The number of aryl methyl sites for hydroxylation is 1. The highest BCUT2D eigenvalue weighted by atomic mass is 16.5. The number of methoxy groups -OCH3 is 1. The van der Waals surface area contributed by atoms with E-state index >= 15 is 0 Å². The fourth-order valence-electron chi connectivity index (χ4n) is 2.11. The number of hydrogen-bond acceptors (Lipinski definition) is 3. The fourth-order valence-corrected chi connectivity index (χ4v) is 2.11. The monoisotopic (exact) mass is 248 g/mol. The zero-order valence-corrected chi connectivity index (χ0v) is 11.0. The van der Waals surface area contributed by atoms with Gasteiger partial charge >= 0.3 is 0 Å². The van der Waals surface area contributed by atoms with Crippen molar-refractivity contribution in [1.29, 1.82) is 0 Å². The van der Waals surface area contributed by atoms with Crippen LogP contribution in [0.3, 0.4) is 0 Å². The number of carbonyl (C=O) groups is 1. The zero-order chi connectivity index (χ0) is 13.0. The van der Waals surface area contributed by atoms with Crippen molar-refractivity contribution in [2.24, 2.45) is 0 Å². The van der Waals surface area contributed by atoms with Gasteiger partial charge in [0.2, 0.25) is 0 Å². The van der Waals surface area contributed by atoms with E-state index in [1.807, 2.05) is 19.1 Å². The summed E-state index contributed by atoms with van der Waals surface area (Å²) in [5, 5.41) is 6.22. The molecule has 1 aliphatic rings. The highest BCUT2D eigenvalue weighted by Gasteiger charge is 2.17. The lowest BCUT2D eigenvalue weighted by Crippen LogP contribution is -2.32. The van der Waals surface area contributed by atoms with Crippen LogP contribution in [-0.2, 0) is 11.2 Å². The van der Waals surface area contributed by atoms with Crippen LogP contribution in [0.5, 0.6) is 0 Å². The lowest BCUT2D eigenvalue weighted by molar-refractivity contribution is 0.0871. The molecule has 4 nitrogen and oxygen atoms in total. The first-order chi connectivity index (χ1) is 8.72. The standard InChI is InChI=1S/C14H20N2O2/c1-10(18-2)9-16-14(17)12-7-3-5-11-6-4-8-15-13(11)12/h3,5,7,10,15H,4,6,8-9H2,1-2H3,(H,16,17). The van der Waals surface area contributed by atoms with E-state index in [0.717, 1.165) is 30.6 Å². The summed E-state index contributed by atoms with van der Waals surface area (Å²) in [4.78, 5) is 12.1. The van der Waals surface area contributed by atoms with Crippen molar-refractivity contribution in [3.05, 3.63) is 29.3 Å². The maximum absolute atomic E-state index is 12.1. The molecule has 1 heterocycles. The molecule has 1 aromatic rings. The van der Waals surface area contributed by atoms with Gasteiger partial charge in [-0.1, -0.05) is 12.1 Å². The van der Waals surface area contributed by atoms with E-state index in [-0.39, 0.29) is 12.0 Å². The Labute approximate surface area is 108 Å². The van der Waals surface area contributed by atoms with Gasteiger partial charge in [0.1, 0.15) is 0 Å². The Morgan fingerprint density at radius 3 is 3.17 bits per heavy atom. The third-order valence-corrected chi connectivity index (χ3v) is 3.27. The van der Waals surface area contributed by atoms with E-state index in [4.69, 9.17) is 4.74 Å². The number of anilines is 1. The van der Waals surface area contributed by atoms with Crippen LogP contribution in [0.25, 0.3) is 0 Å². The number of benzene rings is 1. The quantitative estimate of drug-likeness (QED) is 0.854. The average molecular weight is 248 g/mol. The van der Waals surface area contributed by atoms with Gasteiger partial charge in [0.25, 0.3) is 5.91 Å². The van der Waals surface area contributed by atoms with Crippen LogP contribution < -0.4 is 10.6 Å². The van der Waals surface area contributed by atoms with Crippen molar-refractivity contribution < 1.29 is 9.53 Å². The molecular weight excluding hydrogens is 228 g/mol. The fraction of sp³-hybridized carbons (Fsp3) is 0.500. The van der Waals surface area contributed by atoms with Crippen LogP contribution in [-0.4, -0.2) is 32.2 Å². The summed E-state index contributed by atoms with van der Waals surface area (Å²) in [5.74, 6) is -0.0369. The Hall–Kier alpha value is -1.55. The maximum atomic E-state index is 12.1. The van der Waals surface area contributed by atoms with Gasteiger partial charge < -0.3 is 15.4 Å². The second kappa shape index (κ2) is 5.87. The molecule has 98 valence electrons. The van der Waals surface area contributed by atoms with Crippen LogP contribution in [0, 0.1) is 0 Å². The molecule has 1 amide bonds. The van der Waals surface area contributed by atoms with Gasteiger partial charge in [-0.15, -0.1) is 0 Å². The molecule has 0 spiro atoms. The van der Waals surface area contributed by atoms with E-state index < -0.39 is 0 Å². The van der Waals surface area contributed by atoms with Gasteiger partial charge in [-0.2, -0.15) is 0 Å². The molecule has 1 unspecified atom stereocenters. The first-order valence-corrected chi connectivity index (χ1v) is 6.39. The zero-order valence-electron chi connectivity index (χ0n) is 11.0. The summed E-state index contributed by atoms with van der Waals surface area (Å²) in [6, 6.07) is 5.89. The number of carbonyl (C=O) groups excluding carboxylic acids is 1. The predicted octanol–water partition coefficient (Wildman–Crippen LogP) is 1.81. The first-order valence-electron chi connectivity index (χ1n) is 6.39. The molecular formula is C14H20N2O2. The molecule has 2 rings (SSSR count). The highest BCUT2D eigenvalue weighted by molar-refractivity contribution is 6.00. The molecule has 1 aromatic carbocycles. The van der Waals surface area contributed by atoms with E-state index in [1.54, 1.807) is 7.11 Å². The molecule has 0 saturated carbocycles. The van der Waals surface area contributed by atoms with Gasteiger partial charge in [0.15, 0.2) is 0 Å². The van der Waals surface area contributed by atoms with Crippen molar-refractivity contribution in [3.8, 4) is 0 Å². The molecule has 0 saturated heterocycles. The minimum Gasteiger partial charge on any atom is -0.384 e. The Balaban J connectivity index is 2.10. The van der Waals surface area contributed by atoms with Crippen molar-refractivity contribution >= 4 is 11.6 Å². The van der Waals surface area contributed by atoms with E-state index in [9.17, 15) is 4.79 Å². The van der Waals surface area contributed by atoms with Gasteiger partial charge in [0.05, 0.1) is 17.4 Å². The summed E-state index contributed by atoms with van der Waals surface area (Å²) in [6.07, 6.45) is 2.19. The van der Waals surface area contributed by atoms with Crippen molar-refractivity contribution in [2.75, 3.05) is 25.5 Å². The van der Waals surface area contributed by atoms with E-state index in [0.29, 0.717) is 6.54 Å². The van der Waals surface area contributed by atoms with Gasteiger partial charge in [-0.05, 0) is 31.4 Å². The first kappa shape index (κ1) is 12.9. The molecule has 0 aliphatic carbocycles. The summed E-state index contributed by atoms with van der Waals surface area (Å²) >= 11 is 0. The second-order valence-electron chi connectivity index (χ2n) is 4.63. The van der Waals surface area contributed by atoms with E-state index in [2.05, 4.69) is 16.7 Å². The molecule has 0 bridgehead atoms. The summed E-state index contributed by atoms with van der Waals surface area (Å²) in [7, 11) is 1.64. The largest absolute Gasteiger partial charge is 0.384 e. The van der Waals surface area contributed by atoms with Gasteiger partial charge in [-0.25, -0.2) is 0 Å². The van der Waals surface area contributed by atoms with Crippen LogP contribution in [0.2, 0.25) is 0 Å². The molecule has 18 heavy (non-hydrogen) atoms. The normalized spacial score (nSPS) is 15.4. The third-order valence-electron chi connectivity index (χ3n) is 3.27. The molecule has 1 atom stereocenters. The Kier molecular flexibility index (Phi) is 4.20. The van der Waals surface area contributed by atoms with Crippen molar-refractivity contribution in [1.82, 2.24) is 5.32 Å². The van der Waals surface area contributed by atoms with Gasteiger partial charge in [-0.3, -0.25) is 4.79 Å². The summed E-state index contributed by atoms with van der Waals surface area (Å²) in [6.45, 7) is 3.39. The van der Waals surface area contributed by atoms with Crippen LogP contribution in [0.1, 0.15) is 29.3 Å². The minimum absolute atomic E-state index is 0.0291. The van der Waals surface area contributed by atoms with Crippen molar-refractivity contribution in [3.63, 3.8) is 0 Å².